The summed E-state index contributed by atoms with van der Waals surface area (Å²) in [5.41, 5.74) is -0.863. The summed E-state index contributed by atoms with van der Waals surface area (Å²) in [6.45, 7) is 9.98. The van der Waals surface area contributed by atoms with Gasteiger partial charge >= 0.3 is 22.8 Å². The number of benzene rings is 1. The Balaban J connectivity index is 4.01. The topological polar surface area (TPSA) is 107 Å². The fraction of sp³-hybridized carbons (Fsp3) is 0.700. The third-order valence-corrected chi connectivity index (χ3v) is 13.3. The summed E-state index contributed by atoms with van der Waals surface area (Å²) < 4.78 is 76.2. The molecule has 186 valence electrons. The van der Waals surface area contributed by atoms with E-state index in [4.69, 9.17) is 27.1 Å². The first kappa shape index (κ1) is 29.7. The molecule has 0 spiro atoms. The van der Waals surface area contributed by atoms with Crippen molar-refractivity contribution in [2.75, 3.05) is 39.6 Å². The molecule has 0 radical (unpaired) electrons. The Kier molecular flexibility index (Phi) is 13.1. The molecule has 0 aliphatic rings. The summed E-state index contributed by atoms with van der Waals surface area (Å²) in [5, 5.41) is -1.58. The molecule has 12 heteroatoms. The van der Waals surface area contributed by atoms with Crippen molar-refractivity contribution in [2.45, 2.75) is 52.6 Å². The highest BCUT2D eigenvalue weighted by molar-refractivity contribution is 7.74. The second-order valence-electron chi connectivity index (χ2n) is 6.40. The Labute approximate surface area is 192 Å². The van der Waals surface area contributed by atoms with E-state index in [2.05, 4.69) is 0 Å². The van der Waals surface area contributed by atoms with Gasteiger partial charge in [-0.1, -0.05) is 30.3 Å². The Bertz CT molecular complexity index is 743. The van der Waals surface area contributed by atoms with Crippen molar-refractivity contribution >= 4 is 22.8 Å². The van der Waals surface area contributed by atoms with Gasteiger partial charge in [0.15, 0.2) is 5.40 Å². The predicted molar refractivity (Wildman–Crippen MR) is 126 cm³/mol. The van der Waals surface area contributed by atoms with Crippen molar-refractivity contribution < 1.29 is 40.8 Å². The smallest absolute Gasteiger partial charge is 0.308 e. The molecule has 0 aliphatic heterocycles. The maximum Gasteiger partial charge on any atom is 0.347 e. The second-order valence-corrected chi connectivity index (χ2v) is 13.3. The molecule has 0 amide bonds. The van der Waals surface area contributed by atoms with Crippen LogP contribution in [-0.2, 0) is 40.8 Å². The van der Waals surface area contributed by atoms with Crippen molar-refractivity contribution in [1.82, 2.24) is 0 Å². The minimum absolute atomic E-state index is 0.00110. The maximum absolute atomic E-state index is 14.2. The monoisotopic (exact) mass is 514 g/mol. The first-order valence-corrected chi connectivity index (χ1v) is 15.8. The largest absolute Gasteiger partial charge is 0.347 e. The highest BCUT2D eigenvalue weighted by atomic mass is 31.2. The quantitative estimate of drug-likeness (QED) is 0.206. The van der Waals surface area contributed by atoms with Crippen molar-refractivity contribution in [3.63, 3.8) is 0 Å². The zero-order chi connectivity index (χ0) is 24.3. The van der Waals surface area contributed by atoms with Crippen LogP contribution in [0.1, 0.15) is 52.8 Å². The van der Waals surface area contributed by atoms with Gasteiger partial charge in [-0.15, -0.1) is 0 Å². The lowest BCUT2D eigenvalue weighted by Gasteiger charge is -2.38. The Morgan fingerprint density at radius 2 is 0.875 bits per heavy atom. The van der Waals surface area contributed by atoms with Crippen LogP contribution in [-0.4, -0.2) is 45.0 Å². The summed E-state index contributed by atoms with van der Waals surface area (Å²) in [7, 11) is -12.5. The van der Waals surface area contributed by atoms with Gasteiger partial charge in [0.1, 0.15) is 5.66 Å². The van der Waals surface area contributed by atoms with Crippen LogP contribution in [0.4, 0.5) is 0 Å². The Hall–Kier alpha value is -0.330. The van der Waals surface area contributed by atoms with Gasteiger partial charge in [-0.3, -0.25) is 13.7 Å². The van der Waals surface area contributed by atoms with Crippen LogP contribution in [0.3, 0.4) is 0 Å². The van der Waals surface area contributed by atoms with E-state index in [1.807, 2.05) is 0 Å². The van der Waals surface area contributed by atoms with Crippen LogP contribution in [0.2, 0.25) is 0 Å². The van der Waals surface area contributed by atoms with Gasteiger partial charge in [0.05, 0.1) is 39.6 Å². The van der Waals surface area contributed by atoms with Gasteiger partial charge in [0.2, 0.25) is 0 Å². The normalized spacial score (nSPS) is 14.1. The van der Waals surface area contributed by atoms with Crippen LogP contribution >= 0.6 is 22.8 Å². The fourth-order valence-electron chi connectivity index (χ4n) is 3.34. The maximum atomic E-state index is 14.2. The molecule has 0 aliphatic carbocycles. The molecular weight excluding hydrogens is 477 g/mol. The molecule has 1 aromatic rings. The number of hydrogen-bond acceptors (Lipinski definition) is 9. The van der Waals surface area contributed by atoms with E-state index in [1.165, 1.54) is 0 Å². The summed E-state index contributed by atoms with van der Waals surface area (Å²) >= 11 is 0. The molecule has 0 N–H and O–H groups in total. The molecular formula is C20H37O9P3. The molecule has 0 heterocycles. The van der Waals surface area contributed by atoms with E-state index < -0.39 is 33.8 Å². The van der Waals surface area contributed by atoms with Crippen molar-refractivity contribution in [3.05, 3.63) is 35.9 Å². The lowest BCUT2D eigenvalue weighted by atomic mass is 10.2. The van der Waals surface area contributed by atoms with Gasteiger partial charge in [0, 0.05) is 0 Å². The highest BCUT2D eigenvalue weighted by Crippen LogP contribution is 2.80. The average Bonchev–Trinajstić information content (AvgIpc) is 2.73. The van der Waals surface area contributed by atoms with Gasteiger partial charge < -0.3 is 27.1 Å². The van der Waals surface area contributed by atoms with E-state index in [-0.39, 0.29) is 39.6 Å². The molecule has 32 heavy (non-hydrogen) atoms. The fourth-order valence-corrected chi connectivity index (χ4v) is 12.7. The van der Waals surface area contributed by atoms with E-state index in [0.29, 0.717) is 5.56 Å². The molecule has 1 unspecified atom stereocenters. The van der Waals surface area contributed by atoms with Crippen LogP contribution in [0.5, 0.6) is 0 Å². The molecule has 1 atom stereocenters. The van der Waals surface area contributed by atoms with Gasteiger partial charge in [0.25, 0.3) is 0 Å². The SMILES string of the molecule is CCOP(=O)(OCC)C(c1ccccc1)C(P(=O)(OCC)OCC)P(=O)(OCC)OCC. The molecule has 0 bridgehead atoms. The van der Waals surface area contributed by atoms with E-state index in [0.717, 1.165) is 0 Å². The standard InChI is InChI=1S/C20H37O9P3/c1-7-24-30(21,25-8-2)19(18-16-14-13-15-17-18)20(31(22,26-9-3)27-10-4)32(23,28-11-5)29-12-6/h13-17,19-20H,7-12H2,1-6H3. The van der Waals surface area contributed by atoms with Crippen LogP contribution in [0.25, 0.3) is 0 Å². The molecule has 0 fully saturated rings. The van der Waals surface area contributed by atoms with E-state index in [1.54, 1.807) is 71.9 Å². The van der Waals surface area contributed by atoms with Crippen molar-refractivity contribution in [3.8, 4) is 0 Å². The van der Waals surface area contributed by atoms with Gasteiger partial charge in [-0.05, 0) is 47.1 Å². The summed E-state index contributed by atoms with van der Waals surface area (Å²) in [6, 6.07) is 8.57. The van der Waals surface area contributed by atoms with E-state index in [9.17, 15) is 13.7 Å². The van der Waals surface area contributed by atoms with Crippen molar-refractivity contribution in [1.29, 1.82) is 0 Å². The summed E-state index contributed by atoms with van der Waals surface area (Å²) in [6.07, 6.45) is 0. The predicted octanol–water partition coefficient (Wildman–Crippen LogP) is 6.85. The van der Waals surface area contributed by atoms with Crippen LogP contribution in [0.15, 0.2) is 30.3 Å². The zero-order valence-electron chi connectivity index (χ0n) is 19.8. The molecule has 1 aromatic carbocycles. The van der Waals surface area contributed by atoms with Gasteiger partial charge in [-0.2, -0.15) is 0 Å². The molecule has 9 nitrogen and oxygen atoms in total. The highest BCUT2D eigenvalue weighted by Gasteiger charge is 2.61. The third-order valence-electron chi connectivity index (χ3n) is 4.27. The minimum atomic E-state index is -4.22. The molecule has 1 rings (SSSR count). The third kappa shape index (κ3) is 7.33. The molecule has 0 aromatic heterocycles. The average molecular weight is 514 g/mol. The first-order valence-electron chi connectivity index (χ1n) is 10.9. The molecule has 0 saturated carbocycles. The van der Waals surface area contributed by atoms with Gasteiger partial charge in [-0.25, -0.2) is 0 Å². The Morgan fingerprint density at radius 1 is 0.562 bits per heavy atom. The summed E-state index contributed by atoms with van der Waals surface area (Å²) in [4.78, 5) is 0. The van der Waals surface area contributed by atoms with Crippen molar-refractivity contribution in [2.24, 2.45) is 0 Å². The lowest BCUT2D eigenvalue weighted by Crippen LogP contribution is -2.26. The minimum Gasteiger partial charge on any atom is -0.308 e. The second kappa shape index (κ2) is 14.2. The molecule has 0 saturated heterocycles. The lowest BCUT2D eigenvalue weighted by molar-refractivity contribution is 0.182. The Morgan fingerprint density at radius 3 is 1.19 bits per heavy atom. The number of rotatable bonds is 17. The van der Waals surface area contributed by atoms with E-state index >= 15 is 0 Å². The zero-order valence-corrected chi connectivity index (χ0v) is 22.5. The summed E-state index contributed by atoms with van der Waals surface area (Å²) in [5.74, 6) is 0. The first-order chi connectivity index (χ1) is 15.2. The van der Waals surface area contributed by atoms with Crippen LogP contribution < -0.4 is 0 Å². The number of hydrogen-bond donors (Lipinski definition) is 0. The van der Waals surface area contributed by atoms with Crippen LogP contribution in [0, 0.1) is 0 Å².